The fourth-order valence-electron chi connectivity index (χ4n) is 2.93. The quantitative estimate of drug-likeness (QED) is 0.519. The summed E-state index contributed by atoms with van der Waals surface area (Å²) in [6.07, 6.45) is 1.69. The van der Waals surface area contributed by atoms with Crippen LogP contribution in [0.2, 0.25) is 10.0 Å². The van der Waals surface area contributed by atoms with E-state index in [-0.39, 0.29) is 5.91 Å². The van der Waals surface area contributed by atoms with Crippen LogP contribution >= 0.6 is 34.5 Å². The zero-order valence-corrected chi connectivity index (χ0v) is 19.5. The molecule has 0 unspecified atom stereocenters. The molecular weight excluding hydrogens is 457 g/mol. The number of nitrogens with one attached hydrogen (secondary N) is 2. The van der Waals surface area contributed by atoms with Crippen LogP contribution in [0.3, 0.4) is 0 Å². The summed E-state index contributed by atoms with van der Waals surface area (Å²) in [5.41, 5.74) is 3.67. The maximum absolute atomic E-state index is 12.8. The molecule has 0 aliphatic carbocycles. The smallest absolute Gasteiger partial charge is 0.321 e. The molecule has 0 spiro atoms. The van der Waals surface area contributed by atoms with Gasteiger partial charge in [0.05, 0.1) is 33.5 Å². The van der Waals surface area contributed by atoms with E-state index in [4.69, 9.17) is 23.2 Å². The SMILES string of the molecule is Cc1ccnc(C)c1C(=O)N(C)Cc1csc(NC(=O)NCc2ccc(Cl)c(Cl)c2)n1. The highest BCUT2D eigenvalue weighted by molar-refractivity contribution is 7.13. The fourth-order valence-corrected chi connectivity index (χ4v) is 3.95. The first-order valence-electron chi connectivity index (χ1n) is 9.35. The van der Waals surface area contributed by atoms with Crippen LogP contribution < -0.4 is 10.6 Å². The van der Waals surface area contributed by atoms with Crippen molar-refractivity contribution in [1.29, 1.82) is 0 Å². The zero-order valence-electron chi connectivity index (χ0n) is 17.2. The Labute approximate surface area is 194 Å². The van der Waals surface area contributed by atoms with E-state index in [1.165, 1.54) is 11.3 Å². The molecule has 0 saturated heterocycles. The third kappa shape index (κ3) is 5.94. The van der Waals surface area contributed by atoms with Crippen molar-refractivity contribution in [2.75, 3.05) is 12.4 Å². The number of pyridine rings is 1. The Kier molecular flexibility index (Phi) is 7.48. The summed E-state index contributed by atoms with van der Waals surface area (Å²) in [7, 11) is 1.71. The number of benzene rings is 1. The molecule has 3 rings (SSSR count). The van der Waals surface area contributed by atoms with Crippen molar-refractivity contribution < 1.29 is 9.59 Å². The van der Waals surface area contributed by atoms with Crippen LogP contribution in [0.4, 0.5) is 9.93 Å². The van der Waals surface area contributed by atoms with Crippen LogP contribution in [0.1, 0.15) is 32.9 Å². The van der Waals surface area contributed by atoms with Gasteiger partial charge in [0.2, 0.25) is 0 Å². The van der Waals surface area contributed by atoms with Crippen molar-refractivity contribution >= 4 is 51.6 Å². The molecule has 0 radical (unpaired) electrons. The van der Waals surface area contributed by atoms with Crippen LogP contribution in [-0.4, -0.2) is 33.9 Å². The standard InChI is InChI=1S/C21H21Cl2N5O2S/c1-12-6-7-24-13(2)18(12)19(29)28(3)10-15-11-31-21(26-15)27-20(30)25-9-14-4-5-16(22)17(23)8-14/h4-8,11H,9-10H2,1-3H3,(H2,25,26,27,30). The van der Waals surface area contributed by atoms with E-state index in [0.717, 1.165) is 11.1 Å². The average molecular weight is 478 g/mol. The first-order valence-corrected chi connectivity index (χ1v) is 11.0. The summed E-state index contributed by atoms with van der Waals surface area (Å²) >= 11 is 13.2. The molecule has 0 fully saturated rings. The van der Waals surface area contributed by atoms with Crippen molar-refractivity contribution in [3.63, 3.8) is 0 Å². The van der Waals surface area contributed by atoms with E-state index in [9.17, 15) is 9.59 Å². The number of aromatic nitrogens is 2. The van der Waals surface area contributed by atoms with Crippen LogP contribution in [0, 0.1) is 13.8 Å². The van der Waals surface area contributed by atoms with Gasteiger partial charge in [0.15, 0.2) is 5.13 Å². The minimum absolute atomic E-state index is 0.120. The lowest BCUT2D eigenvalue weighted by Crippen LogP contribution is -2.29. The molecule has 1 aromatic carbocycles. The normalized spacial score (nSPS) is 10.6. The van der Waals surface area contributed by atoms with Gasteiger partial charge in [-0.05, 0) is 43.2 Å². The van der Waals surface area contributed by atoms with Crippen LogP contribution in [0.25, 0.3) is 0 Å². The maximum Gasteiger partial charge on any atom is 0.321 e. The molecule has 10 heteroatoms. The van der Waals surface area contributed by atoms with E-state index in [0.29, 0.717) is 45.2 Å². The Morgan fingerprint density at radius 3 is 2.65 bits per heavy atom. The molecule has 0 aliphatic rings. The van der Waals surface area contributed by atoms with E-state index >= 15 is 0 Å². The van der Waals surface area contributed by atoms with Gasteiger partial charge >= 0.3 is 6.03 Å². The van der Waals surface area contributed by atoms with Gasteiger partial charge in [0.1, 0.15) is 0 Å². The lowest BCUT2D eigenvalue weighted by atomic mass is 10.1. The van der Waals surface area contributed by atoms with E-state index < -0.39 is 6.03 Å². The summed E-state index contributed by atoms with van der Waals surface area (Å²) < 4.78 is 0. The Morgan fingerprint density at radius 1 is 1.16 bits per heavy atom. The molecule has 162 valence electrons. The number of anilines is 1. The first kappa shape index (κ1) is 23.0. The first-order chi connectivity index (χ1) is 14.7. The molecular formula is C21H21Cl2N5O2S. The summed E-state index contributed by atoms with van der Waals surface area (Å²) in [5, 5.41) is 8.58. The van der Waals surface area contributed by atoms with Gasteiger partial charge in [0.25, 0.3) is 5.91 Å². The number of nitrogens with zero attached hydrogens (tertiary/aromatic N) is 3. The largest absolute Gasteiger partial charge is 0.336 e. The second-order valence-electron chi connectivity index (χ2n) is 6.95. The highest BCUT2D eigenvalue weighted by Gasteiger charge is 2.18. The summed E-state index contributed by atoms with van der Waals surface area (Å²) in [6, 6.07) is 6.59. The number of halogens is 2. The number of rotatable bonds is 6. The third-order valence-electron chi connectivity index (χ3n) is 4.52. The molecule has 2 aromatic heterocycles. The molecule has 0 saturated carbocycles. The van der Waals surface area contributed by atoms with Crippen LogP contribution in [0.15, 0.2) is 35.8 Å². The number of urea groups is 1. The van der Waals surface area contributed by atoms with Gasteiger partial charge in [-0.15, -0.1) is 11.3 Å². The van der Waals surface area contributed by atoms with Gasteiger partial charge in [-0.1, -0.05) is 29.3 Å². The monoisotopic (exact) mass is 477 g/mol. The van der Waals surface area contributed by atoms with Gasteiger partial charge in [-0.3, -0.25) is 15.1 Å². The number of carbonyl (C=O) groups is 2. The third-order valence-corrected chi connectivity index (χ3v) is 6.06. The maximum atomic E-state index is 12.8. The summed E-state index contributed by atoms with van der Waals surface area (Å²) in [6.45, 7) is 4.31. The number of hydrogen-bond acceptors (Lipinski definition) is 5. The molecule has 0 bridgehead atoms. The summed E-state index contributed by atoms with van der Waals surface area (Å²) in [4.78, 5) is 35.1. The highest BCUT2D eigenvalue weighted by Crippen LogP contribution is 2.23. The van der Waals surface area contributed by atoms with Gasteiger partial charge in [-0.25, -0.2) is 9.78 Å². The second-order valence-corrected chi connectivity index (χ2v) is 8.62. The number of aryl methyl sites for hydroxylation is 2. The van der Waals surface area contributed by atoms with Crippen molar-refractivity contribution in [2.45, 2.75) is 26.9 Å². The number of amides is 3. The number of hydrogen-bond donors (Lipinski definition) is 2. The van der Waals surface area contributed by atoms with Gasteiger partial charge < -0.3 is 10.2 Å². The predicted molar refractivity (Wildman–Crippen MR) is 124 cm³/mol. The minimum atomic E-state index is -0.391. The number of thiazole rings is 1. The Bertz CT molecular complexity index is 1100. The highest BCUT2D eigenvalue weighted by atomic mass is 35.5. The van der Waals surface area contributed by atoms with E-state index in [2.05, 4.69) is 20.6 Å². The van der Waals surface area contributed by atoms with Crippen molar-refractivity contribution in [1.82, 2.24) is 20.2 Å². The van der Waals surface area contributed by atoms with Gasteiger partial charge in [0, 0.05) is 25.2 Å². The molecule has 0 atom stereocenters. The second kappa shape index (κ2) is 10.1. The Morgan fingerprint density at radius 2 is 1.94 bits per heavy atom. The van der Waals surface area contributed by atoms with Gasteiger partial charge in [-0.2, -0.15) is 0 Å². The van der Waals surface area contributed by atoms with E-state index in [1.54, 1.807) is 41.7 Å². The average Bonchev–Trinajstić information content (AvgIpc) is 3.15. The van der Waals surface area contributed by atoms with Crippen molar-refractivity contribution in [3.8, 4) is 0 Å². The lowest BCUT2D eigenvalue weighted by Gasteiger charge is -2.18. The minimum Gasteiger partial charge on any atom is -0.336 e. The molecule has 31 heavy (non-hydrogen) atoms. The lowest BCUT2D eigenvalue weighted by molar-refractivity contribution is 0.0781. The van der Waals surface area contributed by atoms with Crippen molar-refractivity contribution in [3.05, 3.63) is 74.0 Å². The Balaban J connectivity index is 1.55. The molecule has 3 amide bonds. The molecule has 2 heterocycles. The number of carbonyl (C=O) groups excluding carboxylic acids is 2. The van der Waals surface area contributed by atoms with Crippen LogP contribution in [-0.2, 0) is 13.1 Å². The predicted octanol–water partition coefficient (Wildman–Crippen LogP) is 5.06. The zero-order chi connectivity index (χ0) is 22.5. The topological polar surface area (TPSA) is 87.2 Å². The van der Waals surface area contributed by atoms with E-state index in [1.807, 2.05) is 19.9 Å². The Hall–Kier alpha value is -2.68. The summed E-state index contributed by atoms with van der Waals surface area (Å²) in [5.74, 6) is -0.120. The van der Waals surface area contributed by atoms with Crippen LogP contribution in [0.5, 0.6) is 0 Å². The molecule has 7 nitrogen and oxygen atoms in total. The molecule has 3 aromatic rings. The molecule has 0 aliphatic heterocycles. The molecule has 2 N–H and O–H groups in total. The fraction of sp³-hybridized carbons (Fsp3) is 0.238. The van der Waals surface area contributed by atoms with Crippen molar-refractivity contribution in [2.24, 2.45) is 0 Å².